The standard InChI is InChI=1S/C25H32N6O/c1-5-21-26-13-12-22(29-21)30-23(16(2)3)25(32)31-14-6-7-20(31)24-27-15-19(28-24)18-10-8-17(4)9-11-18/h8-13,15-16,20,23H,5-7,14H2,1-4H3,(H,27,28)(H,26,29,30)/t20-,23-/m0/s1. The van der Waals surface area contributed by atoms with Crippen LogP contribution >= 0.6 is 0 Å². The SMILES string of the molecule is CCc1nccc(N[C@H](C(=O)N2CCC[C@H]2c2ncc(-c3ccc(C)cc3)[nH]2)C(C)C)n1. The van der Waals surface area contributed by atoms with Gasteiger partial charge in [0.2, 0.25) is 5.91 Å². The Hall–Kier alpha value is -3.22. The molecule has 7 heteroatoms. The first-order valence-corrected chi connectivity index (χ1v) is 11.5. The number of hydrogen-bond acceptors (Lipinski definition) is 5. The van der Waals surface area contributed by atoms with E-state index >= 15 is 0 Å². The summed E-state index contributed by atoms with van der Waals surface area (Å²) in [4.78, 5) is 32.5. The predicted octanol–water partition coefficient (Wildman–Crippen LogP) is 4.54. The van der Waals surface area contributed by atoms with Crippen LogP contribution in [0.2, 0.25) is 0 Å². The topological polar surface area (TPSA) is 86.8 Å². The highest BCUT2D eigenvalue weighted by atomic mass is 16.2. The van der Waals surface area contributed by atoms with Gasteiger partial charge in [-0.05, 0) is 37.3 Å². The summed E-state index contributed by atoms with van der Waals surface area (Å²) < 4.78 is 0. The molecule has 2 N–H and O–H groups in total. The van der Waals surface area contributed by atoms with Crippen molar-refractivity contribution < 1.29 is 4.79 Å². The fourth-order valence-electron chi connectivity index (χ4n) is 4.20. The molecule has 2 atom stereocenters. The molecule has 4 rings (SSSR count). The van der Waals surface area contributed by atoms with Crippen molar-refractivity contribution in [3.8, 4) is 11.3 Å². The number of aromatic amines is 1. The van der Waals surface area contributed by atoms with E-state index in [4.69, 9.17) is 0 Å². The van der Waals surface area contributed by atoms with E-state index in [0.717, 1.165) is 48.7 Å². The summed E-state index contributed by atoms with van der Waals surface area (Å²) in [6.07, 6.45) is 6.24. The van der Waals surface area contributed by atoms with Gasteiger partial charge in [0.1, 0.15) is 23.5 Å². The summed E-state index contributed by atoms with van der Waals surface area (Å²) in [6.45, 7) is 8.95. The maximum Gasteiger partial charge on any atom is 0.245 e. The van der Waals surface area contributed by atoms with Gasteiger partial charge >= 0.3 is 0 Å². The lowest BCUT2D eigenvalue weighted by Gasteiger charge is -2.30. The number of imidazole rings is 1. The molecule has 168 valence electrons. The van der Waals surface area contributed by atoms with Gasteiger partial charge in [0.15, 0.2) is 0 Å². The lowest BCUT2D eigenvalue weighted by atomic mass is 10.0. The zero-order chi connectivity index (χ0) is 22.7. The van der Waals surface area contributed by atoms with E-state index in [9.17, 15) is 4.79 Å². The van der Waals surface area contributed by atoms with Crippen molar-refractivity contribution in [2.45, 2.75) is 59.0 Å². The summed E-state index contributed by atoms with van der Waals surface area (Å²) in [5.74, 6) is 2.52. The fourth-order valence-corrected chi connectivity index (χ4v) is 4.20. The van der Waals surface area contributed by atoms with Crippen LogP contribution in [0, 0.1) is 12.8 Å². The Morgan fingerprint density at radius 2 is 2.00 bits per heavy atom. The lowest BCUT2D eigenvalue weighted by Crippen LogP contribution is -2.45. The third-order valence-electron chi connectivity index (χ3n) is 6.07. The van der Waals surface area contributed by atoms with Crippen molar-refractivity contribution in [1.29, 1.82) is 0 Å². The van der Waals surface area contributed by atoms with Gasteiger partial charge in [-0.15, -0.1) is 0 Å². The molecule has 1 saturated heterocycles. The van der Waals surface area contributed by atoms with Crippen LogP contribution in [0.15, 0.2) is 42.7 Å². The number of carbonyl (C=O) groups is 1. The number of anilines is 1. The minimum absolute atomic E-state index is 0.0404. The van der Waals surface area contributed by atoms with Gasteiger partial charge in [-0.3, -0.25) is 4.79 Å². The maximum absolute atomic E-state index is 13.6. The Balaban J connectivity index is 1.53. The van der Waals surface area contributed by atoms with E-state index in [1.165, 1.54) is 5.56 Å². The van der Waals surface area contributed by atoms with E-state index < -0.39 is 0 Å². The average Bonchev–Trinajstić information content (AvgIpc) is 3.47. The number of aromatic nitrogens is 4. The normalized spacial score (nSPS) is 17.0. The molecule has 2 aromatic heterocycles. The summed E-state index contributed by atoms with van der Waals surface area (Å²) in [7, 11) is 0. The minimum atomic E-state index is -0.360. The van der Waals surface area contributed by atoms with Crippen LogP contribution < -0.4 is 5.32 Å². The Morgan fingerprint density at radius 3 is 2.72 bits per heavy atom. The number of benzene rings is 1. The zero-order valence-corrected chi connectivity index (χ0v) is 19.3. The number of likely N-dealkylation sites (tertiary alicyclic amines) is 1. The largest absolute Gasteiger partial charge is 0.358 e. The monoisotopic (exact) mass is 432 g/mol. The van der Waals surface area contributed by atoms with Crippen molar-refractivity contribution in [2.24, 2.45) is 5.92 Å². The second-order valence-corrected chi connectivity index (χ2v) is 8.82. The van der Waals surface area contributed by atoms with Crippen molar-refractivity contribution in [2.75, 3.05) is 11.9 Å². The van der Waals surface area contributed by atoms with Crippen LogP contribution in [-0.2, 0) is 11.2 Å². The molecular weight excluding hydrogens is 400 g/mol. The molecule has 0 spiro atoms. The number of hydrogen-bond donors (Lipinski definition) is 2. The Labute approximate surface area is 189 Å². The van der Waals surface area contributed by atoms with Crippen LogP contribution in [-0.4, -0.2) is 43.3 Å². The highest BCUT2D eigenvalue weighted by Gasteiger charge is 2.36. The maximum atomic E-state index is 13.6. The predicted molar refractivity (Wildman–Crippen MR) is 126 cm³/mol. The highest BCUT2D eigenvalue weighted by molar-refractivity contribution is 5.85. The fraction of sp³-hybridized carbons (Fsp3) is 0.440. The van der Waals surface area contributed by atoms with Crippen molar-refractivity contribution in [3.63, 3.8) is 0 Å². The van der Waals surface area contributed by atoms with Gasteiger partial charge in [0.05, 0.1) is 17.9 Å². The molecule has 3 aromatic rings. The number of H-pyrrole nitrogens is 1. The average molecular weight is 433 g/mol. The molecule has 1 aliphatic rings. The van der Waals surface area contributed by atoms with Gasteiger partial charge in [0.25, 0.3) is 0 Å². The van der Waals surface area contributed by atoms with Crippen molar-refractivity contribution >= 4 is 11.7 Å². The van der Waals surface area contributed by atoms with Gasteiger partial charge in [-0.1, -0.05) is 50.6 Å². The van der Waals surface area contributed by atoms with Crippen LogP contribution in [0.4, 0.5) is 5.82 Å². The second-order valence-electron chi connectivity index (χ2n) is 8.82. The lowest BCUT2D eigenvalue weighted by molar-refractivity contribution is -0.134. The molecule has 1 aliphatic heterocycles. The third-order valence-corrected chi connectivity index (χ3v) is 6.07. The molecule has 0 radical (unpaired) electrons. The molecule has 1 amide bonds. The van der Waals surface area contributed by atoms with Crippen LogP contribution in [0.5, 0.6) is 0 Å². The minimum Gasteiger partial charge on any atom is -0.358 e. The van der Waals surface area contributed by atoms with Crippen molar-refractivity contribution in [1.82, 2.24) is 24.8 Å². The summed E-state index contributed by atoms with van der Waals surface area (Å²) >= 11 is 0. The smallest absolute Gasteiger partial charge is 0.245 e. The van der Waals surface area contributed by atoms with E-state index in [1.807, 2.05) is 24.1 Å². The quantitative estimate of drug-likeness (QED) is 0.572. The van der Waals surface area contributed by atoms with Gasteiger partial charge in [-0.2, -0.15) is 0 Å². The van der Waals surface area contributed by atoms with Gasteiger partial charge < -0.3 is 15.2 Å². The van der Waals surface area contributed by atoms with E-state index in [1.54, 1.807) is 6.20 Å². The van der Waals surface area contributed by atoms with E-state index in [0.29, 0.717) is 5.82 Å². The molecule has 32 heavy (non-hydrogen) atoms. The molecule has 0 aliphatic carbocycles. The molecule has 7 nitrogen and oxygen atoms in total. The summed E-state index contributed by atoms with van der Waals surface area (Å²) in [6, 6.07) is 9.80. The zero-order valence-electron chi connectivity index (χ0n) is 19.3. The number of amides is 1. The van der Waals surface area contributed by atoms with Gasteiger partial charge in [-0.25, -0.2) is 15.0 Å². The molecule has 0 saturated carbocycles. The number of aryl methyl sites for hydroxylation is 2. The molecule has 1 fully saturated rings. The second kappa shape index (κ2) is 9.51. The molecule has 3 heterocycles. The summed E-state index contributed by atoms with van der Waals surface area (Å²) in [5.41, 5.74) is 3.30. The number of carbonyl (C=O) groups excluding carboxylic acids is 1. The molecule has 0 bridgehead atoms. The molecule has 0 unspecified atom stereocenters. The Bertz CT molecular complexity index is 1060. The van der Waals surface area contributed by atoms with Crippen LogP contribution in [0.25, 0.3) is 11.3 Å². The third kappa shape index (κ3) is 4.66. The van der Waals surface area contributed by atoms with Crippen LogP contribution in [0.1, 0.15) is 56.9 Å². The summed E-state index contributed by atoms with van der Waals surface area (Å²) in [5, 5.41) is 3.37. The Morgan fingerprint density at radius 1 is 1.22 bits per heavy atom. The van der Waals surface area contributed by atoms with Gasteiger partial charge in [0, 0.05) is 19.2 Å². The van der Waals surface area contributed by atoms with E-state index in [2.05, 4.69) is 70.3 Å². The number of nitrogens with one attached hydrogen (secondary N) is 2. The highest BCUT2D eigenvalue weighted by Crippen LogP contribution is 2.33. The Kier molecular flexibility index (Phi) is 6.53. The molecular formula is C25H32N6O. The number of nitrogens with zero attached hydrogens (tertiary/aromatic N) is 4. The first-order chi connectivity index (χ1) is 15.5. The first kappa shape index (κ1) is 22.0. The van der Waals surface area contributed by atoms with Crippen LogP contribution in [0.3, 0.4) is 0 Å². The first-order valence-electron chi connectivity index (χ1n) is 11.5. The molecule has 1 aromatic carbocycles. The van der Waals surface area contributed by atoms with E-state index in [-0.39, 0.29) is 23.9 Å². The number of rotatable bonds is 7. The van der Waals surface area contributed by atoms with Crippen molar-refractivity contribution in [3.05, 3.63) is 59.9 Å².